The molecule has 12 heavy (non-hydrogen) atoms. The molecule has 0 heterocycles. The van der Waals surface area contributed by atoms with Crippen LogP contribution in [0.15, 0.2) is 0 Å². The molecule has 0 spiro atoms. The molecule has 4 nitrogen and oxygen atoms in total. The Morgan fingerprint density at radius 3 is 1.33 bits per heavy atom. The van der Waals surface area contributed by atoms with Gasteiger partial charge in [-0.15, -0.1) is 0 Å². The zero-order chi connectivity index (χ0) is 9.12. The molecule has 0 fully saturated rings. The maximum Gasteiger partial charge on any atom is 0.310 e. The third-order valence-corrected chi connectivity index (χ3v) is 1.82. The number of methoxy groups -OCH3 is 3. The van der Waals surface area contributed by atoms with Gasteiger partial charge in [0.05, 0.1) is 0 Å². The van der Waals surface area contributed by atoms with Crippen LogP contribution in [0.5, 0.6) is 0 Å². The van der Waals surface area contributed by atoms with E-state index < -0.39 is 11.6 Å². The van der Waals surface area contributed by atoms with E-state index in [0.29, 0.717) is 0 Å². The molecule has 0 atom stereocenters. The van der Waals surface area contributed by atoms with E-state index in [0.717, 1.165) is 0 Å². The predicted octanol–water partition coefficient (Wildman–Crippen LogP) is 0.348. The topological polar surface area (TPSA) is 47.9 Å². The molecule has 0 aromatic rings. The summed E-state index contributed by atoms with van der Waals surface area (Å²) in [7, 11) is 4.18. The van der Waals surface area contributed by atoms with E-state index in [1.807, 2.05) is 0 Å². The summed E-state index contributed by atoms with van der Waals surface area (Å²) in [6.45, 7) is 3.33. The fraction of sp³-hybridized carbons (Fsp3) is 1.00. The Balaban J connectivity index is 0. The smallest absolute Gasteiger partial charge is 0.310 e. The van der Waals surface area contributed by atoms with Gasteiger partial charge in [-0.25, -0.2) is 0 Å². The predicted molar refractivity (Wildman–Crippen MR) is 40.1 cm³/mol. The second-order valence-electron chi connectivity index (χ2n) is 2.70. The van der Waals surface area contributed by atoms with Gasteiger partial charge in [-0.2, -0.15) is 0 Å². The standard InChI is InChI=1S/C7H16O4.Zr/c1-6(2,9-3)7(8,10-4)11-5;/h8H,1-5H3;. The van der Waals surface area contributed by atoms with Gasteiger partial charge in [-0.3, -0.25) is 0 Å². The summed E-state index contributed by atoms with van der Waals surface area (Å²) < 4.78 is 14.5. The quantitative estimate of drug-likeness (QED) is 0.736. The van der Waals surface area contributed by atoms with Gasteiger partial charge in [0.25, 0.3) is 0 Å². The van der Waals surface area contributed by atoms with Gasteiger partial charge in [0.15, 0.2) is 0 Å². The van der Waals surface area contributed by atoms with Crippen LogP contribution in [0.25, 0.3) is 0 Å². The fourth-order valence-corrected chi connectivity index (χ4v) is 0.704. The molecule has 0 aliphatic rings. The van der Waals surface area contributed by atoms with Crippen molar-refractivity contribution in [2.45, 2.75) is 25.4 Å². The van der Waals surface area contributed by atoms with E-state index in [1.54, 1.807) is 13.8 Å². The molecule has 0 amide bonds. The molecule has 0 radical (unpaired) electrons. The van der Waals surface area contributed by atoms with Gasteiger partial charge in [-0.1, -0.05) is 0 Å². The molecule has 1 N–H and O–H groups in total. The summed E-state index contributed by atoms with van der Waals surface area (Å²) in [5, 5.41) is 9.59. The van der Waals surface area contributed by atoms with Crippen molar-refractivity contribution in [3.63, 3.8) is 0 Å². The number of aliphatic hydroxyl groups is 1. The maximum atomic E-state index is 9.59. The third kappa shape index (κ3) is 2.89. The average Bonchev–Trinajstić information content (AvgIpc) is 2.02. The largest absolute Gasteiger partial charge is 0.370 e. The molecule has 0 aliphatic heterocycles. The molecule has 5 heteroatoms. The minimum absolute atomic E-state index is 0. The van der Waals surface area contributed by atoms with Crippen molar-refractivity contribution in [2.24, 2.45) is 0 Å². The Morgan fingerprint density at radius 2 is 1.25 bits per heavy atom. The Hall–Kier alpha value is 0.723. The Bertz CT molecular complexity index is 123. The summed E-state index contributed by atoms with van der Waals surface area (Å²) >= 11 is 0. The first kappa shape index (κ1) is 15.2. The molecule has 0 saturated heterocycles. The monoisotopic (exact) mass is 254 g/mol. The first-order chi connectivity index (χ1) is 4.93. The van der Waals surface area contributed by atoms with Crippen LogP contribution in [0.3, 0.4) is 0 Å². The van der Waals surface area contributed by atoms with E-state index in [4.69, 9.17) is 14.2 Å². The summed E-state index contributed by atoms with van der Waals surface area (Å²) in [6, 6.07) is 0. The Morgan fingerprint density at radius 1 is 0.917 bits per heavy atom. The SMILES string of the molecule is COC(C)(C)C(O)(OC)OC.[Zr]. The van der Waals surface area contributed by atoms with Crippen LogP contribution < -0.4 is 0 Å². The van der Waals surface area contributed by atoms with Crippen LogP contribution >= 0.6 is 0 Å². The van der Waals surface area contributed by atoms with Crippen LogP contribution in [0.4, 0.5) is 0 Å². The Kier molecular flexibility index (Phi) is 6.91. The van der Waals surface area contributed by atoms with Gasteiger partial charge in [0, 0.05) is 47.5 Å². The van der Waals surface area contributed by atoms with E-state index in [1.165, 1.54) is 21.3 Å². The van der Waals surface area contributed by atoms with Crippen molar-refractivity contribution in [1.82, 2.24) is 0 Å². The first-order valence-electron chi connectivity index (χ1n) is 3.31. The van der Waals surface area contributed by atoms with Crippen molar-refractivity contribution < 1.29 is 45.5 Å². The van der Waals surface area contributed by atoms with Gasteiger partial charge in [0.1, 0.15) is 5.60 Å². The Labute approximate surface area is 92.3 Å². The fourth-order valence-electron chi connectivity index (χ4n) is 0.704. The molecule has 0 bridgehead atoms. The number of hydrogen-bond acceptors (Lipinski definition) is 4. The number of rotatable bonds is 4. The minimum atomic E-state index is -1.69. The van der Waals surface area contributed by atoms with E-state index in [2.05, 4.69) is 0 Å². The van der Waals surface area contributed by atoms with Gasteiger partial charge < -0.3 is 19.3 Å². The molecule has 0 unspecified atom stereocenters. The molecular weight excluding hydrogens is 239 g/mol. The third-order valence-electron chi connectivity index (χ3n) is 1.82. The average molecular weight is 255 g/mol. The first-order valence-corrected chi connectivity index (χ1v) is 3.31. The van der Waals surface area contributed by atoms with E-state index in [-0.39, 0.29) is 26.2 Å². The molecule has 0 aromatic heterocycles. The van der Waals surface area contributed by atoms with Crippen LogP contribution in [0.2, 0.25) is 0 Å². The second-order valence-corrected chi connectivity index (χ2v) is 2.70. The van der Waals surface area contributed by atoms with Gasteiger partial charge in [-0.05, 0) is 13.8 Å². The summed E-state index contributed by atoms with van der Waals surface area (Å²) in [6.07, 6.45) is 0. The maximum absolute atomic E-state index is 9.59. The van der Waals surface area contributed by atoms with E-state index >= 15 is 0 Å². The normalized spacial score (nSPS) is 12.5. The zero-order valence-corrected chi connectivity index (χ0v) is 10.6. The van der Waals surface area contributed by atoms with Crippen molar-refractivity contribution >= 4 is 0 Å². The molecule has 72 valence electrons. The zero-order valence-electron chi connectivity index (χ0n) is 8.17. The summed E-state index contributed by atoms with van der Waals surface area (Å²) in [5.41, 5.74) is -0.892. The van der Waals surface area contributed by atoms with Crippen LogP contribution in [0, 0.1) is 0 Å². The van der Waals surface area contributed by atoms with Crippen LogP contribution in [-0.2, 0) is 40.4 Å². The van der Waals surface area contributed by atoms with E-state index in [9.17, 15) is 5.11 Å². The second kappa shape index (κ2) is 5.45. The van der Waals surface area contributed by atoms with Gasteiger partial charge in [0.2, 0.25) is 0 Å². The van der Waals surface area contributed by atoms with Crippen molar-refractivity contribution in [3.05, 3.63) is 0 Å². The van der Waals surface area contributed by atoms with Crippen LogP contribution in [0.1, 0.15) is 13.8 Å². The molecule has 0 aliphatic carbocycles. The molecule has 0 saturated carbocycles. The number of ether oxygens (including phenoxy) is 3. The van der Waals surface area contributed by atoms with Crippen molar-refractivity contribution in [2.75, 3.05) is 21.3 Å². The van der Waals surface area contributed by atoms with Crippen molar-refractivity contribution in [3.8, 4) is 0 Å². The molecular formula is C7H16O4Zr. The van der Waals surface area contributed by atoms with Gasteiger partial charge >= 0.3 is 5.97 Å². The van der Waals surface area contributed by atoms with Crippen LogP contribution in [-0.4, -0.2) is 38.0 Å². The molecule has 0 aromatic carbocycles. The molecule has 0 rings (SSSR count). The number of hydrogen-bond donors (Lipinski definition) is 1. The van der Waals surface area contributed by atoms with Crippen molar-refractivity contribution in [1.29, 1.82) is 0 Å². The summed E-state index contributed by atoms with van der Waals surface area (Å²) in [5.74, 6) is -1.69. The summed E-state index contributed by atoms with van der Waals surface area (Å²) in [4.78, 5) is 0. The minimum Gasteiger partial charge on any atom is -0.370 e.